The average Bonchev–Trinajstić information content (AvgIpc) is 3.10. The fraction of sp³-hybridized carbons (Fsp3) is 0.286. The quantitative estimate of drug-likeness (QED) is 0.913. The van der Waals surface area contributed by atoms with Gasteiger partial charge in [-0.05, 0) is 24.6 Å². The maximum Gasteiger partial charge on any atom is 0.257 e. The minimum Gasteiger partial charge on any atom is -0.472 e. The molecule has 0 radical (unpaired) electrons. The maximum atomic E-state index is 12.1. The predicted molar refractivity (Wildman–Crippen MR) is 70.9 cm³/mol. The van der Waals surface area contributed by atoms with Gasteiger partial charge in [-0.25, -0.2) is 0 Å². The Kier molecular flexibility index (Phi) is 3.18. The second-order valence-electron chi connectivity index (χ2n) is 4.63. The van der Waals surface area contributed by atoms with Crippen molar-refractivity contribution in [3.63, 3.8) is 0 Å². The van der Waals surface area contributed by atoms with Crippen molar-refractivity contribution in [3.8, 4) is 0 Å². The van der Waals surface area contributed by atoms with E-state index in [1.165, 1.54) is 12.5 Å². The number of rotatable bonds is 3. The van der Waals surface area contributed by atoms with Crippen molar-refractivity contribution in [1.29, 1.82) is 0 Å². The van der Waals surface area contributed by atoms with Gasteiger partial charge in [0.05, 0.1) is 17.5 Å². The largest absolute Gasteiger partial charge is 0.472 e. The molecule has 98 valence electrons. The molecule has 1 N–H and O–H groups in total. The van der Waals surface area contributed by atoms with Gasteiger partial charge < -0.3 is 14.6 Å². The molecule has 0 bridgehead atoms. The molecule has 0 saturated carbocycles. The molecule has 0 aromatic carbocycles. The first kappa shape index (κ1) is 11.8. The topological polar surface area (TPSA) is 58.4 Å². The second-order valence-corrected chi connectivity index (χ2v) is 4.63. The van der Waals surface area contributed by atoms with Crippen LogP contribution < -0.4 is 5.32 Å². The highest BCUT2D eigenvalue weighted by Crippen LogP contribution is 2.17. The summed E-state index contributed by atoms with van der Waals surface area (Å²) < 4.78 is 4.95. The third-order valence-electron chi connectivity index (χ3n) is 3.28. The molecule has 2 aromatic heterocycles. The van der Waals surface area contributed by atoms with Crippen LogP contribution in [0.25, 0.3) is 0 Å². The zero-order chi connectivity index (χ0) is 13.1. The van der Waals surface area contributed by atoms with E-state index in [0.717, 1.165) is 18.7 Å². The number of furan rings is 1. The van der Waals surface area contributed by atoms with Crippen LogP contribution >= 0.6 is 0 Å². The number of hydrogen-bond donors (Lipinski definition) is 1. The minimum absolute atomic E-state index is 0.0317. The SMILES string of the molecule is O=C(c1ccoc1)N1CCC(Nc2cccnc2)C1. The van der Waals surface area contributed by atoms with Crippen LogP contribution in [0.15, 0.2) is 47.5 Å². The van der Waals surface area contributed by atoms with Gasteiger partial charge in [0.15, 0.2) is 0 Å². The van der Waals surface area contributed by atoms with Gasteiger partial charge in [-0.1, -0.05) is 0 Å². The van der Waals surface area contributed by atoms with Gasteiger partial charge in [0, 0.05) is 31.5 Å². The van der Waals surface area contributed by atoms with Gasteiger partial charge in [0.2, 0.25) is 0 Å². The van der Waals surface area contributed by atoms with E-state index in [1.54, 1.807) is 18.5 Å². The van der Waals surface area contributed by atoms with E-state index < -0.39 is 0 Å². The van der Waals surface area contributed by atoms with Gasteiger partial charge in [-0.3, -0.25) is 9.78 Å². The highest BCUT2D eigenvalue weighted by atomic mass is 16.3. The zero-order valence-corrected chi connectivity index (χ0v) is 10.5. The van der Waals surface area contributed by atoms with Crippen LogP contribution in [0, 0.1) is 0 Å². The highest BCUT2D eigenvalue weighted by Gasteiger charge is 2.27. The molecule has 19 heavy (non-hydrogen) atoms. The lowest BCUT2D eigenvalue weighted by Crippen LogP contribution is -2.31. The summed E-state index contributed by atoms with van der Waals surface area (Å²) in [7, 11) is 0. The van der Waals surface area contributed by atoms with E-state index >= 15 is 0 Å². The molecule has 1 atom stereocenters. The van der Waals surface area contributed by atoms with Crippen LogP contribution in [0.2, 0.25) is 0 Å². The predicted octanol–water partition coefficient (Wildman–Crippen LogP) is 2.00. The monoisotopic (exact) mass is 257 g/mol. The fourth-order valence-corrected chi connectivity index (χ4v) is 2.32. The Bertz CT molecular complexity index is 539. The number of pyridine rings is 1. The molecule has 1 fully saturated rings. The first-order chi connectivity index (χ1) is 9.33. The number of amides is 1. The van der Waals surface area contributed by atoms with Crippen molar-refractivity contribution >= 4 is 11.6 Å². The van der Waals surface area contributed by atoms with Crippen LogP contribution in [0.5, 0.6) is 0 Å². The summed E-state index contributed by atoms with van der Waals surface area (Å²) in [5.74, 6) is 0.0317. The molecule has 3 rings (SSSR count). The lowest BCUT2D eigenvalue weighted by molar-refractivity contribution is 0.0791. The van der Waals surface area contributed by atoms with Crippen LogP contribution in [-0.4, -0.2) is 34.9 Å². The fourth-order valence-electron chi connectivity index (χ4n) is 2.32. The molecule has 1 aliphatic rings. The van der Waals surface area contributed by atoms with E-state index in [4.69, 9.17) is 4.42 Å². The smallest absolute Gasteiger partial charge is 0.257 e. The van der Waals surface area contributed by atoms with Gasteiger partial charge in [-0.15, -0.1) is 0 Å². The second kappa shape index (κ2) is 5.14. The van der Waals surface area contributed by atoms with Gasteiger partial charge in [-0.2, -0.15) is 0 Å². The van der Waals surface area contributed by atoms with Crippen LogP contribution in [0.4, 0.5) is 5.69 Å². The summed E-state index contributed by atoms with van der Waals surface area (Å²) >= 11 is 0. The normalized spacial score (nSPS) is 18.5. The van der Waals surface area contributed by atoms with Crippen LogP contribution in [-0.2, 0) is 0 Å². The number of carbonyl (C=O) groups excluding carboxylic acids is 1. The average molecular weight is 257 g/mol. The molecule has 1 saturated heterocycles. The standard InChI is InChI=1S/C14H15N3O2/c18-14(11-4-7-19-10-11)17-6-3-13(9-17)16-12-2-1-5-15-8-12/h1-2,4-5,7-8,10,13,16H,3,6,9H2. The molecule has 2 aromatic rings. The number of anilines is 1. The summed E-state index contributed by atoms with van der Waals surface area (Å²) in [6.07, 6.45) is 7.49. The Labute approximate surface area is 111 Å². The molecule has 0 aliphatic carbocycles. The molecular weight excluding hydrogens is 242 g/mol. The van der Waals surface area contributed by atoms with E-state index in [1.807, 2.05) is 17.0 Å². The third kappa shape index (κ3) is 2.59. The lowest BCUT2D eigenvalue weighted by atomic mass is 10.2. The summed E-state index contributed by atoms with van der Waals surface area (Å²) in [6, 6.07) is 5.85. The first-order valence-electron chi connectivity index (χ1n) is 6.31. The molecule has 5 heteroatoms. The number of nitrogens with zero attached hydrogens (tertiary/aromatic N) is 2. The first-order valence-corrected chi connectivity index (χ1v) is 6.31. The van der Waals surface area contributed by atoms with Crippen molar-refractivity contribution in [2.75, 3.05) is 18.4 Å². The van der Waals surface area contributed by atoms with Crippen molar-refractivity contribution in [3.05, 3.63) is 48.7 Å². The third-order valence-corrected chi connectivity index (χ3v) is 3.28. The van der Waals surface area contributed by atoms with Gasteiger partial charge in [0.1, 0.15) is 6.26 Å². The number of carbonyl (C=O) groups is 1. The summed E-state index contributed by atoms with van der Waals surface area (Å²) in [5.41, 5.74) is 1.60. The summed E-state index contributed by atoms with van der Waals surface area (Å²) in [6.45, 7) is 1.47. The zero-order valence-electron chi connectivity index (χ0n) is 10.5. The molecular formula is C14H15N3O2. The Morgan fingerprint density at radius 3 is 3.16 bits per heavy atom. The maximum absolute atomic E-state index is 12.1. The Hall–Kier alpha value is -2.30. The number of aromatic nitrogens is 1. The highest BCUT2D eigenvalue weighted by molar-refractivity contribution is 5.94. The van der Waals surface area contributed by atoms with Crippen LogP contribution in [0.3, 0.4) is 0 Å². The van der Waals surface area contributed by atoms with Crippen LogP contribution in [0.1, 0.15) is 16.8 Å². The molecule has 0 spiro atoms. The van der Waals surface area contributed by atoms with Crippen molar-refractivity contribution in [2.24, 2.45) is 0 Å². The summed E-state index contributed by atoms with van der Waals surface area (Å²) in [4.78, 5) is 18.0. The lowest BCUT2D eigenvalue weighted by Gasteiger charge is -2.16. The van der Waals surface area contributed by atoms with Crippen molar-refractivity contribution in [2.45, 2.75) is 12.5 Å². The van der Waals surface area contributed by atoms with Crippen molar-refractivity contribution in [1.82, 2.24) is 9.88 Å². The molecule has 1 amide bonds. The van der Waals surface area contributed by atoms with Gasteiger partial charge >= 0.3 is 0 Å². The minimum atomic E-state index is 0.0317. The van der Waals surface area contributed by atoms with E-state index in [2.05, 4.69) is 10.3 Å². The molecule has 1 unspecified atom stereocenters. The number of hydrogen-bond acceptors (Lipinski definition) is 4. The van der Waals surface area contributed by atoms with E-state index in [0.29, 0.717) is 12.1 Å². The Morgan fingerprint density at radius 1 is 1.47 bits per heavy atom. The van der Waals surface area contributed by atoms with Gasteiger partial charge in [0.25, 0.3) is 5.91 Å². The van der Waals surface area contributed by atoms with E-state index in [9.17, 15) is 4.79 Å². The number of likely N-dealkylation sites (tertiary alicyclic amines) is 1. The Morgan fingerprint density at radius 2 is 2.42 bits per heavy atom. The molecule has 5 nitrogen and oxygen atoms in total. The summed E-state index contributed by atoms with van der Waals surface area (Å²) in [5, 5.41) is 3.39. The molecule has 1 aliphatic heterocycles. The Balaban J connectivity index is 1.60. The van der Waals surface area contributed by atoms with Crippen molar-refractivity contribution < 1.29 is 9.21 Å². The number of nitrogens with one attached hydrogen (secondary N) is 1. The van der Waals surface area contributed by atoms with E-state index in [-0.39, 0.29) is 11.9 Å². The molecule has 3 heterocycles.